The van der Waals surface area contributed by atoms with Gasteiger partial charge in [-0.2, -0.15) is 0 Å². The highest BCUT2D eigenvalue weighted by Gasteiger charge is 2.06. The van der Waals surface area contributed by atoms with Gasteiger partial charge in [-0.3, -0.25) is 4.98 Å². The van der Waals surface area contributed by atoms with Gasteiger partial charge in [-0.25, -0.2) is 0 Å². The molecule has 1 N–H and O–H groups in total. The molecule has 0 amide bonds. The van der Waals surface area contributed by atoms with Crippen molar-refractivity contribution in [2.75, 3.05) is 5.32 Å². The number of nitrogens with one attached hydrogen (secondary N) is 1. The first-order valence-corrected chi connectivity index (χ1v) is 9.71. The van der Waals surface area contributed by atoms with Crippen molar-refractivity contribution >= 4 is 45.3 Å². The molecule has 2 heterocycles. The van der Waals surface area contributed by atoms with Crippen LogP contribution in [0.5, 0.6) is 0 Å². The van der Waals surface area contributed by atoms with Crippen molar-refractivity contribution in [2.45, 2.75) is 0 Å². The van der Waals surface area contributed by atoms with Crippen LogP contribution in [0.2, 0.25) is 0 Å². The summed E-state index contributed by atoms with van der Waals surface area (Å²) in [6, 6.07) is 27.1. The Morgan fingerprint density at radius 1 is 0.759 bits per heavy atom. The molecule has 29 heavy (non-hydrogen) atoms. The Morgan fingerprint density at radius 3 is 2.48 bits per heavy atom. The molecular weight excluding hydrogens is 354 g/mol. The molecule has 0 spiro atoms. The summed E-state index contributed by atoms with van der Waals surface area (Å²) >= 11 is 0. The number of hydrogen-bond acceptors (Lipinski definition) is 2. The summed E-state index contributed by atoms with van der Waals surface area (Å²) in [4.78, 5) is 4.55. The van der Waals surface area contributed by atoms with Crippen LogP contribution in [0.25, 0.3) is 34.0 Å². The number of nitrogens with zero attached hydrogens (tertiary/aromatic N) is 2. The van der Waals surface area contributed by atoms with Crippen LogP contribution in [0, 0.1) is 0 Å². The summed E-state index contributed by atoms with van der Waals surface area (Å²) in [5.41, 5.74) is 6.62. The lowest BCUT2D eigenvalue weighted by Gasteiger charge is -2.11. The topological polar surface area (TPSA) is 29.9 Å². The molecule has 0 aliphatic carbocycles. The van der Waals surface area contributed by atoms with Gasteiger partial charge in [0.1, 0.15) is 0 Å². The van der Waals surface area contributed by atoms with E-state index in [2.05, 4.69) is 113 Å². The number of pyridine rings is 1. The van der Waals surface area contributed by atoms with Gasteiger partial charge in [-0.1, -0.05) is 66.7 Å². The summed E-state index contributed by atoms with van der Waals surface area (Å²) in [7, 11) is 2.09. The van der Waals surface area contributed by atoms with E-state index >= 15 is 0 Å². The summed E-state index contributed by atoms with van der Waals surface area (Å²) in [6.45, 7) is 0. The molecule has 5 rings (SSSR count). The zero-order valence-corrected chi connectivity index (χ0v) is 16.2. The van der Waals surface area contributed by atoms with E-state index in [-0.39, 0.29) is 0 Å². The van der Waals surface area contributed by atoms with Gasteiger partial charge in [0.2, 0.25) is 0 Å². The molecule has 3 aromatic carbocycles. The minimum atomic E-state index is 0.975. The van der Waals surface area contributed by atoms with Crippen molar-refractivity contribution in [3.63, 3.8) is 0 Å². The fourth-order valence-corrected chi connectivity index (χ4v) is 3.79. The molecule has 0 fully saturated rings. The largest absolute Gasteiger partial charge is 0.353 e. The molecular formula is C26H21N3. The van der Waals surface area contributed by atoms with Gasteiger partial charge in [-0.15, -0.1) is 0 Å². The molecule has 0 aliphatic rings. The normalized spacial score (nSPS) is 11.5. The number of aromatic nitrogens is 2. The van der Waals surface area contributed by atoms with E-state index in [4.69, 9.17) is 0 Å². The van der Waals surface area contributed by atoms with Gasteiger partial charge in [0.25, 0.3) is 0 Å². The summed E-state index contributed by atoms with van der Waals surface area (Å²) in [6.07, 6.45) is 8.36. The average Bonchev–Trinajstić information content (AvgIpc) is 3.09. The monoisotopic (exact) mass is 375 g/mol. The average molecular weight is 375 g/mol. The maximum atomic E-state index is 4.55. The third kappa shape index (κ3) is 3.27. The van der Waals surface area contributed by atoms with Crippen LogP contribution in [0.15, 0.2) is 91.3 Å². The van der Waals surface area contributed by atoms with Crippen molar-refractivity contribution in [1.29, 1.82) is 0 Å². The molecule has 140 valence electrons. The van der Waals surface area contributed by atoms with Crippen LogP contribution < -0.4 is 5.32 Å². The van der Waals surface area contributed by atoms with E-state index in [9.17, 15) is 0 Å². The van der Waals surface area contributed by atoms with E-state index < -0.39 is 0 Å². The van der Waals surface area contributed by atoms with E-state index in [0.717, 1.165) is 27.8 Å². The van der Waals surface area contributed by atoms with Crippen LogP contribution in [-0.2, 0) is 7.05 Å². The van der Waals surface area contributed by atoms with Crippen molar-refractivity contribution < 1.29 is 0 Å². The number of hydrogen-bond donors (Lipinski definition) is 1. The molecule has 3 heteroatoms. The molecule has 0 aliphatic heterocycles. The molecule has 3 nitrogen and oxygen atoms in total. The third-order valence-electron chi connectivity index (χ3n) is 5.23. The van der Waals surface area contributed by atoms with Crippen molar-refractivity contribution in [1.82, 2.24) is 9.55 Å². The molecule has 2 aromatic heterocycles. The van der Waals surface area contributed by atoms with Crippen LogP contribution in [0.3, 0.4) is 0 Å². The Kier molecular flexibility index (Phi) is 4.34. The fraction of sp³-hybridized carbons (Fsp3) is 0.0385. The van der Waals surface area contributed by atoms with Gasteiger partial charge < -0.3 is 9.88 Å². The zero-order valence-electron chi connectivity index (χ0n) is 16.2. The second-order valence-corrected chi connectivity index (χ2v) is 7.14. The summed E-state index contributed by atoms with van der Waals surface area (Å²) < 4.78 is 2.17. The molecule has 0 unspecified atom stereocenters. The van der Waals surface area contributed by atoms with E-state index in [1.807, 2.05) is 12.3 Å². The maximum absolute atomic E-state index is 4.55. The van der Waals surface area contributed by atoms with E-state index in [1.54, 1.807) is 0 Å². The van der Waals surface area contributed by atoms with Crippen LogP contribution in [0.1, 0.15) is 11.1 Å². The number of rotatable bonds is 4. The highest BCUT2D eigenvalue weighted by molar-refractivity contribution is 5.95. The standard InChI is InChI=1S/C26H21N3/c1-29-18-21(22-11-3-5-14-25(22)29)16-15-19-8-2-4-12-23(19)28-24-13-6-9-20-10-7-17-27-26(20)24/h2-18,28H,1H3/b16-15+. The summed E-state index contributed by atoms with van der Waals surface area (Å²) in [5.74, 6) is 0. The Hall–Kier alpha value is -3.85. The van der Waals surface area contributed by atoms with Gasteiger partial charge in [0.05, 0.1) is 11.2 Å². The summed E-state index contributed by atoms with van der Waals surface area (Å²) in [5, 5.41) is 5.96. The van der Waals surface area contributed by atoms with Gasteiger partial charge in [0.15, 0.2) is 0 Å². The quantitative estimate of drug-likeness (QED) is 0.381. The highest BCUT2D eigenvalue weighted by Crippen LogP contribution is 2.28. The van der Waals surface area contributed by atoms with Crippen molar-refractivity contribution in [3.05, 3.63) is 102 Å². The molecule has 0 saturated heterocycles. The van der Waals surface area contributed by atoms with Crippen LogP contribution in [0.4, 0.5) is 11.4 Å². The predicted octanol–water partition coefficient (Wildman–Crippen LogP) is 6.64. The molecule has 0 atom stereocenters. The minimum Gasteiger partial charge on any atom is -0.353 e. The molecule has 0 bridgehead atoms. The predicted molar refractivity (Wildman–Crippen MR) is 123 cm³/mol. The van der Waals surface area contributed by atoms with Crippen molar-refractivity contribution in [2.24, 2.45) is 7.05 Å². The molecule has 5 aromatic rings. The third-order valence-corrected chi connectivity index (χ3v) is 5.23. The smallest absolute Gasteiger partial charge is 0.0936 e. The lowest BCUT2D eigenvalue weighted by atomic mass is 10.1. The fourth-order valence-electron chi connectivity index (χ4n) is 3.79. The van der Waals surface area contributed by atoms with Crippen molar-refractivity contribution in [3.8, 4) is 0 Å². The SMILES string of the molecule is Cn1cc(/C=C/c2ccccc2Nc2cccc3cccnc23)c2ccccc21. The van der Waals surface area contributed by atoms with Gasteiger partial charge in [0, 0.05) is 41.4 Å². The van der Waals surface area contributed by atoms with Crippen LogP contribution >= 0.6 is 0 Å². The molecule has 0 saturated carbocycles. The lowest BCUT2D eigenvalue weighted by Crippen LogP contribution is -1.94. The lowest BCUT2D eigenvalue weighted by molar-refractivity contribution is 0.968. The first-order valence-electron chi connectivity index (χ1n) is 9.71. The van der Waals surface area contributed by atoms with E-state index in [0.29, 0.717) is 0 Å². The second kappa shape index (κ2) is 7.28. The zero-order chi connectivity index (χ0) is 19.6. The number of para-hydroxylation sites is 3. The van der Waals surface area contributed by atoms with E-state index in [1.165, 1.54) is 16.5 Å². The second-order valence-electron chi connectivity index (χ2n) is 7.14. The Labute approximate surface area is 170 Å². The number of aryl methyl sites for hydroxylation is 1. The maximum Gasteiger partial charge on any atom is 0.0936 e. The Bertz CT molecular complexity index is 1340. The number of anilines is 2. The number of benzene rings is 3. The number of fused-ring (bicyclic) bond motifs is 2. The minimum absolute atomic E-state index is 0.975. The Morgan fingerprint density at radius 2 is 1.52 bits per heavy atom. The Balaban J connectivity index is 1.52. The first kappa shape index (κ1) is 17.3. The molecule has 0 radical (unpaired) electrons. The highest BCUT2D eigenvalue weighted by atomic mass is 14.9. The van der Waals surface area contributed by atoms with Gasteiger partial charge in [-0.05, 0) is 35.4 Å². The van der Waals surface area contributed by atoms with Gasteiger partial charge >= 0.3 is 0 Å². The van der Waals surface area contributed by atoms with Crippen LogP contribution in [-0.4, -0.2) is 9.55 Å². The first-order chi connectivity index (χ1) is 14.3.